The molecule has 0 fully saturated rings. The van der Waals surface area contributed by atoms with Gasteiger partial charge in [-0.25, -0.2) is 4.98 Å². The van der Waals surface area contributed by atoms with Crippen LogP contribution in [-0.2, 0) is 0 Å². The van der Waals surface area contributed by atoms with Gasteiger partial charge < -0.3 is 4.57 Å². The van der Waals surface area contributed by atoms with E-state index in [1.807, 2.05) is 42.8 Å². The van der Waals surface area contributed by atoms with Gasteiger partial charge in [-0.05, 0) is 31.5 Å². The van der Waals surface area contributed by atoms with Gasteiger partial charge in [0.05, 0.1) is 5.69 Å². The number of rotatable bonds is 2. The van der Waals surface area contributed by atoms with Crippen molar-refractivity contribution in [3.63, 3.8) is 0 Å². The van der Waals surface area contributed by atoms with E-state index in [0.717, 1.165) is 23.4 Å². The van der Waals surface area contributed by atoms with Crippen molar-refractivity contribution in [2.45, 2.75) is 13.8 Å². The lowest BCUT2D eigenvalue weighted by Crippen LogP contribution is -2.00. The van der Waals surface area contributed by atoms with E-state index in [-0.39, 0.29) is 0 Å². The Morgan fingerprint density at radius 1 is 1.33 bits per heavy atom. The van der Waals surface area contributed by atoms with Crippen LogP contribution in [0.25, 0.3) is 5.69 Å². The highest BCUT2D eigenvalue weighted by Crippen LogP contribution is 2.16. The summed E-state index contributed by atoms with van der Waals surface area (Å²) >= 11 is 0. The maximum absolute atomic E-state index is 10.9. The van der Waals surface area contributed by atoms with Crippen LogP contribution in [0, 0.1) is 13.8 Å². The van der Waals surface area contributed by atoms with Crippen molar-refractivity contribution in [3.8, 4) is 5.69 Å². The Labute approximate surface area is 88.4 Å². The standard InChI is InChI=1S/C12H12N2O/c1-9-3-4-11(8-15)12(7-9)14-6-5-13-10(14)2/h3-8H,1-2H3. The van der Waals surface area contributed by atoms with Crippen molar-refractivity contribution in [3.05, 3.63) is 47.5 Å². The average molecular weight is 200 g/mol. The zero-order valence-electron chi connectivity index (χ0n) is 8.77. The fourth-order valence-electron chi connectivity index (χ4n) is 1.59. The number of aldehydes is 1. The molecule has 0 atom stereocenters. The van der Waals surface area contributed by atoms with Crippen LogP contribution in [-0.4, -0.2) is 15.8 Å². The van der Waals surface area contributed by atoms with Crippen molar-refractivity contribution in [1.82, 2.24) is 9.55 Å². The minimum atomic E-state index is 0.682. The van der Waals surface area contributed by atoms with Crippen molar-refractivity contribution >= 4 is 6.29 Å². The summed E-state index contributed by atoms with van der Waals surface area (Å²) in [5.41, 5.74) is 2.70. The van der Waals surface area contributed by atoms with Crippen molar-refractivity contribution in [2.24, 2.45) is 0 Å². The van der Waals surface area contributed by atoms with Gasteiger partial charge in [0.15, 0.2) is 6.29 Å². The highest BCUT2D eigenvalue weighted by atomic mass is 16.1. The molecule has 1 heterocycles. The lowest BCUT2D eigenvalue weighted by Gasteiger charge is -2.08. The quantitative estimate of drug-likeness (QED) is 0.697. The van der Waals surface area contributed by atoms with Gasteiger partial charge in [0.2, 0.25) is 0 Å². The molecule has 0 unspecified atom stereocenters. The van der Waals surface area contributed by atoms with Crippen LogP contribution in [0.1, 0.15) is 21.7 Å². The third-order valence-corrected chi connectivity index (χ3v) is 2.40. The Kier molecular flexibility index (Phi) is 2.37. The molecule has 1 aromatic heterocycles. The normalized spacial score (nSPS) is 10.3. The first-order valence-corrected chi connectivity index (χ1v) is 4.78. The van der Waals surface area contributed by atoms with Gasteiger partial charge >= 0.3 is 0 Å². The summed E-state index contributed by atoms with van der Waals surface area (Å²) in [5.74, 6) is 0.878. The lowest BCUT2D eigenvalue weighted by atomic mass is 10.1. The highest BCUT2D eigenvalue weighted by Gasteiger charge is 2.06. The minimum Gasteiger partial charge on any atom is -0.303 e. The number of carbonyl (C=O) groups is 1. The van der Waals surface area contributed by atoms with Crippen LogP contribution in [0.2, 0.25) is 0 Å². The van der Waals surface area contributed by atoms with Crippen molar-refractivity contribution in [1.29, 1.82) is 0 Å². The molecule has 76 valence electrons. The molecule has 0 radical (unpaired) electrons. The summed E-state index contributed by atoms with van der Waals surface area (Å²) in [5, 5.41) is 0. The van der Waals surface area contributed by atoms with Crippen molar-refractivity contribution in [2.75, 3.05) is 0 Å². The molecule has 3 heteroatoms. The zero-order valence-corrected chi connectivity index (χ0v) is 8.77. The number of hydrogen-bond acceptors (Lipinski definition) is 2. The summed E-state index contributed by atoms with van der Waals surface area (Å²) in [6.45, 7) is 3.92. The molecule has 3 nitrogen and oxygen atoms in total. The number of benzene rings is 1. The Hall–Kier alpha value is -1.90. The molecular weight excluding hydrogens is 188 g/mol. The molecule has 0 aliphatic rings. The maximum atomic E-state index is 10.9. The number of aromatic nitrogens is 2. The molecule has 15 heavy (non-hydrogen) atoms. The Bertz CT molecular complexity index is 500. The second-order valence-corrected chi connectivity index (χ2v) is 3.52. The fraction of sp³-hybridized carbons (Fsp3) is 0.167. The number of aryl methyl sites for hydroxylation is 2. The van der Waals surface area contributed by atoms with Crippen LogP contribution < -0.4 is 0 Å². The zero-order chi connectivity index (χ0) is 10.8. The number of carbonyl (C=O) groups excluding carboxylic acids is 1. The number of nitrogens with zero attached hydrogens (tertiary/aromatic N) is 2. The van der Waals surface area contributed by atoms with Gasteiger partial charge in [0.1, 0.15) is 5.82 Å². The topological polar surface area (TPSA) is 34.9 Å². The van der Waals surface area contributed by atoms with Crippen molar-refractivity contribution < 1.29 is 4.79 Å². The second kappa shape index (κ2) is 3.69. The van der Waals surface area contributed by atoms with E-state index >= 15 is 0 Å². The molecule has 0 spiro atoms. The van der Waals surface area contributed by atoms with Crippen LogP contribution in [0.5, 0.6) is 0 Å². The Morgan fingerprint density at radius 2 is 2.13 bits per heavy atom. The Morgan fingerprint density at radius 3 is 2.73 bits per heavy atom. The smallest absolute Gasteiger partial charge is 0.152 e. The molecule has 0 aliphatic heterocycles. The molecule has 0 saturated heterocycles. The summed E-state index contributed by atoms with van der Waals surface area (Å²) in [6, 6.07) is 5.75. The third-order valence-electron chi connectivity index (χ3n) is 2.40. The average Bonchev–Trinajstić information content (AvgIpc) is 2.64. The fourth-order valence-corrected chi connectivity index (χ4v) is 1.59. The molecular formula is C12H12N2O. The summed E-state index contributed by atoms with van der Waals surface area (Å²) < 4.78 is 1.91. The molecule has 2 rings (SSSR count). The maximum Gasteiger partial charge on any atom is 0.152 e. The highest BCUT2D eigenvalue weighted by molar-refractivity contribution is 5.81. The Balaban J connectivity index is 2.65. The largest absolute Gasteiger partial charge is 0.303 e. The van der Waals surface area contributed by atoms with Gasteiger partial charge in [0, 0.05) is 18.0 Å². The van der Waals surface area contributed by atoms with Crippen LogP contribution in [0.4, 0.5) is 0 Å². The first kappa shape index (κ1) is 9.65. The van der Waals surface area contributed by atoms with E-state index < -0.39 is 0 Å². The van der Waals surface area contributed by atoms with E-state index in [4.69, 9.17) is 0 Å². The molecule has 1 aromatic carbocycles. The molecule has 0 amide bonds. The van der Waals surface area contributed by atoms with Gasteiger partial charge in [-0.15, -0.1) is 0 Å². The third kappa shape index (κ3) is 1.68. The predicted octanol–water partition coefficient (Wildman–Crippen LogP) is 2.30. The van der Waals surface area contributed by atoms with Crippen LogP contribution >= 0.6 is 0 Å². The van der Waals surface area contributed by atoms with Gasteiger partial charge in [-0.1, -0.05) is 6.07 Å². The van der Waals surface area contributed by atoms with Crippen LogP contribution in [0.3, 0.4) is 0 Å². The second-order valence-electron chi connectivity index (χ2n) is 3.52. The first-order valence-electron chi connectivity index (χ1n) is 4.78. The van der Waals surface area contributed by atoms with E-state index in [2.05, 4.69) is 4.98 Å². The summed E-state index contributed by atoms with van der Waals surface area (Å²) in [7, 11) is 0. The number of imidazole rings is 1. The van der Waals surface area contributed by atoms with Gasteiger partial charge in [-0.2, -0.15) is 0 Å². The van der Waals surface area contributed by atoms with E-state index in [1.54, 1.807) is 6.20 Å². The van der Waals surface area contributed by atoms with E-state index in [0.29, 0.717) is 5.56 Å². The molecule has 2 aromatic rings. The molecule has 0 N–H and O–H groups in total. The van der Waals surface area contributed by atoms with E-state index in [1.165, 1.54) is 0 Å². The van der Waals surface area contributed by atoms with E-state index in [9.17, 15) is 4.79 Å². The predicted molar refractivity (Wildman–Crippen MR) is 58.4 cm³/mol. The summed E-state index contributed by atoms with van der Waals surface area (Å²) in [4.78, 5) is 15.1. The molecule has 0 saturated carbocycles. The first-order chi connectivity index (χ1) is 7.22. The van der Waals surface area contributed by atoms with Gasteiger partial charge in [-0.3, -0.25) is 4.79 Å². The SMILES string of the molecule is Cc1ccc(C=O)c(-n2ccnc2C)c1. The minimum absolute atomic E-state index is 0.682. The summed E-state index contributed by atoms with van der Waals surface area (Å²) in [6.07, 6.45) is 4.46. The monoisotopic (exact) mass is 200 g/mol. The number of hydrogen-bond donors (Lipinski definition) is 0. The molecule has 0 aliphatic carbocycles. The lowest BCUT2D eigenvalue weighted by molar-refractivity contribution is 0.112. The van der Waals surface area contributed by atoms with Gasteiger partial charge in [0.25, 0.3) is 0 Å². The van der Waals surface area contributed by atoms with Crippen LogP contribution in [0.15, 0.2) is 30.6 Å². The molecule has 0 bridgehead atoms.